The van der Waals surface area contributed by atoms with Gasteiger partial charge in [-0.2, -0.15) is 4.68 Å². The first-order chi connectivity index (χ1) is 20.6. The smallest absolute Gasteiger partial charge is 0.411 e. The molecule has 2 N–H and O–H groups in total. The van der Waals surface area contributed by atoms with Crippen LogP contribution >= 0.6 is 11.6 Å². The number of hydrogen-bond acceptors (Lipinski definition) is 9. The van der Waals surface area contributed by atoms with Gasteiger partial charge in [-0.3, -0.25) is 29.6 Å². The number of carbonyl (C=O) groups is 3. The van der Waals surface area contributed by atoms with Crippen LogP contribution in [0.4, 0.5) is 21.9 Å². The first kappa shape index (κ1) is 28.8. The van der Waals surface area contributed by atoms with Gasteiger partial charge in [0.2, 0.25) is 5.91 Å². The monoisotopic (exact) mass is 603 g/mol. The third kappa shape index (κ3) is 6.15. The van der Waals surface area contributed by atoms with Crippen molar-refractivity contribution in [3.63, 3.8) is 0 Å². The molecule has 0 spiro atoms. The van der Waals surface area contributed by atoms with Crippen LogP contribution in [0.1, 0.15) is 22.9 Å². The van der Waals surface area contributed by atoms with Gasteiger partial charge in [0, 0.05) is 65.4 Å². The van der Waals surface area contributed by atoms with E-state index in [2.05, 4.69) is 25.8 Å². The molecule has 1 atom stereocenters. The lowest BCUT2D eigenvalue weighted by Gasteiger charge is -2.35. The summed E-state index contributed by atoms with van der Waals surface area (Å²) >= 11 is 6.19. The van der Waals surface area contributed by atoms with E-state index in [1.165, 1.54) is 65.4 Å². The lowest BCUT2D eigenvalue weighted by molar-refractivity contribution is -0.385. The van der Waals surface area contributed by atoms with Crippen molar-refractivity contribution in [1.82, 2.24) is 30.1 Å². The molecule has 1 aliphatic heterocycles. The van der Waals surface area contributed by atoms with Crippen LogP contribution in [0.15, 0.2) is 67.1 Å². The topological polar surface area (TPSA) is 190 Å². The zero-order valence-electron chi connectivity index (χ0n) is 22.4. The summed E-state index contributed by atoms with van der Waals surface area (Å²) in [5.74, 6) is -1.18. The lowest BCUT2D eigenvalue weighted by Crippen LogP contribution is -2.45. The molecule has 16 heteroatoms. The van der Waals surface area contributed by atoms with Gasteiger partial charge >= 0.3 is 6.09 Å². The minimum atomic E-state index is -1.26. The molecule has 3 amide bonds. The van der Waals surface area contributed by atoms with Gasteiger partial charge in [-0.1, -0.05) is 11.6 Å². The molecule has 218 valence electrons. The van der Waals surface area contributed by atoms with E-state index in [0.717, 1.165) is 11.1 Å². The number of halogens is 1. The molecule has 2 aromatic heterocycles. The van der Waals surface area contributed by atoms with Gasteiger partial charge in [-0.25, -0.2) is 4.79 Å². The van der Waals surface area contributed by atoms with Gasteiger partial charge in [-0.05, 0) is 59.0 Å². The maximum Gasteiger partial charge on any atom is 0.411 e. The van der Waals surface area contributed by atoms with Crippen LogP contribution in [0.5, 0.6) is 0 Å². The average Bonchev–Trinajstić information content (AvgIpc) is 3.53. The molecule has 43 heavy (non-hydrogen) atoms. The number of nitrogens with one attached hydrogen (secondary N) is 1. The highest BCUT2D eigenvalue weighted by atomic mass is 35.5. The van der Waals surface area contributed by atoms with Crippen LogP contribution in [0, 0.1) is 10.1 Å². The number of tetrazole rings is 1. The largest absolute Gasteiger partial charge is 0.465 e. The van der Waals surface area contributed by atoms with Gasteiger partial charge in [-0.15, -0.1) is 5.10 Å². The van der Waals surface area contributed by atoms with E-state index in [0.29, 0.717) is 33.3 Å². The van der Waals surface area contributed by atoms with Gasteiger partial charge in [0.15, 0.2) is 0 Å². The summed E-state index contributed by atoms with van der Waals surface area (Å²) in [6, 6.07) is 11.0. The molecular weight excluding hydrogens is 582 g/mol. The van der Waals surface area contributed by atoms with E-state index >= 15 is 0 Å². The second kappa shape index (κ2) is 12.0. The Labute approximate surface area is 248 Å². The number of nitrogens with zero attached hydrogens (tertiary/aromatic N) is 8. The Morgan fingerprint density at radius 2 is 1.95 bits per heavy atom. The maximum absolute atomic E-state index is 13.7. The van der Waals surface area contributed by atoms with Crippen molar-refractivity contribution < 1.29 is 24.4 Å². The molecule has 15 nitrogen and oxygen atoms in total. The van der Waals surface area contributed by atoms with Crippen LogP contribution in [0.25, 0.3) is 11.8 Å². The third-order valence-electron chi connectivity index (χ3n) is 6.73. The van der Waals surface area contributed by atoms with Crippen LogP contribution in [0.2, 0.25) is 5.02 Å². The molecule has 1 aliphatic rings. The van der Waals surface area contributed by atoms with Crippen LogP contribution in [-0.4, -0.2) is 71.6 Å². The fourth-order valence-electron chi connectivity index (χ4n) is 4.57. The minimum absolute atomic E-state index is 0.108. The first-order valence-electron chi connectivity index (χ1n) is 12.6. The number of amides is 3. The summed E-state index contributed by atoms with van der Waals surface area (Å²) in [6.45, 7) is 0.108. The fraction of sp³-hybridized carbons (Fsp3) is 0.148. The molecule has 0 aliphatic carbocycles. The summed E-state index contributed by atoms with van der Waals surface area (Å²) in [5.41, 5.74) is 2.12. The summed E-state index contributed by atoms with van der Waals surface area (Å²) in [4.78, 5) is 55.9. The van der Waals surface area contributed by atoms with Gasteiger partial charge < -0.3 is 15.3 Å². The van der Waals surface area contributed by atoms with Gasteiger partial charge in [0.05, 0.1) is 10.6 Å². The molecule has 0 saturated heterocycles. The van der Waals surface area contributed by atoms with Crippen molar-refractivity contribution in [1.29, 1.82) is 0 Å². The van der Waals surface area contributed by atoms with E-state index in [9.17, 15) is 29.6 Å². The van der Waals surface area contributed by atoms with E-state index in [4.69, 9.17) is 11.6 Å². The Hall–Kier alpha value is -5.70. The Bertz CT molecular complexity index is 1740. The minimum Gasteiger partial charge on any atom is -0.465 e. The van der Waals surface area contributed by atoms with Crippen LogP contribution in [-0.2, 0) is 16.0 Å². The molecule has 5 rings (SSSR count). The Morgan fingerprint density at radius 1 is 1.19 bits per heavy atom. The molecule has 0 saturated carbocycles. The molecule has 0 radical (unpaired) electrons. The zero-order valence-corrected chi connectivity index (χ0v) is 23.1. The highest BCUT2D eigenvalue weighted by Crippen LogP contribution is 2.33. The highest BCUT2D eigenvalue weighted by molar-refractivity contribution is 6.30. The Morgan fingerprint density at radius 3 is 2.63 bits per heavy atom. The Kier molecular flexibility index (Phi) is 8.07. The van der Waals surface area contributed by atoms with Crippen molar-refractivity contribution in [3.8, 4) is 5.69 Å². The average molecular weight is 604 g/mol. The number of nitro groups is 1. The molecule has 2 aromatic carbocycles. The number of rotatable bonds is 7. The molecular formula is C27H22ClN9O6. The zero-order chi connectivity index (χ0) is 30.7. The summed E-state index contributed by atoms with van der Waals surface area (Å²) in [6.07, 6.45) is 4.39. The SMILES string of the molecule is CN(C(=O)O)c1ccc(NC(=O)C2c3cc([N+](=O)[O-])cnc3CCN2C(=O)C=Cc2cc(Cl)ccc2-n2cnnn2)cc1. The van der Waals surface area contributed by atoms with Gasteiger partial charge in [0.25, 0.3) is 11.6 Å². The number of carbonyl (C=O) groups excluding carboxylic acids is 2. The number of fused-ring (bicyclic) bond motifs is 1. The van der Waals surface area contributed by atoms with E-state index in [-0.39, 0.29) is 24.2 Å². The summed E-state index contributed by atoms with van der Waals surface area (Å²) < 4.78 is 1.40. The second-order valence-corrected chi connectivity index (χ2v) is 9.78. The normalized spacial score (nSPS) is 14.3. The summed E-state index contributed by atoms with van der Waals surface area (Å²) in [7, 11) is 1.38. The van der Waals surface area contributed by atoms with Crippen LogP contribution in [0.3, 0.4) is 0 Å². The molecule has 3 heterocycles. The molecule has 0 bridgehead atoms. The Balaban J connectivity index is 1.47. The second-order valence-electron chi connectivity index (χ2n) is 9.34. The number of carboxylic acid groups (broad SMARTS) is 1. The van der Waals surface area contributed by atoms with E-state index in [1.54, 1.807) is 18.2 Å². The number of pyridine rings is 1. The maximum atomic E-state index is 13.7. The number of benzene rings is 2. The highest BCUT2D eigenvalue weighted by Gasteiger charge is 2.37. The standard InChI is InChI=1S/C27H22ClN9O6/c1-34(27(40)41)19-6-4-18(5-7-19)31-26(39)25-21-13-20(37(42)43)14-29-22(21)10-11-35(25)24(38)9-2-16-12-17(28)3-8-23(16)36-15-30-32-33-36/h2-9,12-15,25H,10-11H2,1H3,(H,31,39)(H,40,41). The third-order valence-corrected chi connectivity index (χ3v) is 6.96. The van der Waals surface area contributed by atoms with E-state index in [1.807, 2.05) is 0 Å². The number of aromatic nitrogens is 5. The number of anilines is 2. The predicted octanol–water partition coefficient (Wildman–Crippen LogP) is 3.51. The van der Waals surface area contributed by atoms with Crippen LogP contribution < -0.4 is 10.2 Å². The summed E-state index contributed by atoms with van der Waals surface area (Å²) in [5, 5.41) is 35.0. The number of hydrogen-bond donors (Lipinski definition) is 2. The molecule has 0 fully saturated rings. The van der Waals surface area contributed by atoms with E-state index < -0.39 is 28.9 Å². The quantitative estimate of drug-likeness (QED) is 0.179. The van der Waals surface area contributed by atoms with Crippen molar-refractivity contribution in [2.24, 2.45) is 0 Å². The van der Waals surface area contributed by atoms with Crippen molar-refractivity contribution >= 4 is 52.6 Å². The predicted molar refractivity (Wildman–Crippen MR) is 154 cm³/mol. The fourth-order valence-corrected chi connectivity index (χ4v) is 4.75. The van der Waals surface area contributed by atoms with Crippen molar-refractivity contribution in [2.45, 2.75) is 12.5 Å². The first-order valence-corrected chi connectivity index (χ1v) is 13.0. The van der Waals surface area contributed by atoms with Gasteiger partial charge in [0.1, 0.15) is 18.6 Å². The molecule has 1 unspecified atom stereocenters. The lowest BCUT2D eigenvalue weighted by atomic mass is 9.95. The molecule has 4 aromatic rings. The van der Waals surface area contributed by atoms with Crippen molar-refractivity contribution in [3.05, 3.63) is 99.1 Å². The van der Waals surface area contributed by atoms with Crippen molar-refractivity contribution in [2.75, 3.05) is 23.8 Å².